The Bertz CT molecular complexity index is 358. The lowest BCUT2D eigenvalue weighted by Crippen LogP contribution is -2.26. The Morgan fingerprint density at radius 3 is 2.50 bits per heavy atom. The maximum absolute atomic E-state index is 13.2. The minimum atomic E-state index is -0.647. The van der Waals surface area contributed by atoms with Gasteiger partial charge >= 0.3 is 0 Å². The lowest BCUT2D eigenvalue weighted by atomic mass is 10.1. The highest BCUT2D eigenvalue weighted by molar-refractivity contribution is 5.25. The Hall–Kier alpha value is -1.16. The van der Waals surface area contributed by atoms with Crippen LogP contribution >= 0.6 is 0 Å². The average Bonchev–Trinajstić information content (AvgIpc) is 2.85. The van der Waals surface area contributed by atoms with Gasteiger partial charge in [0.15, 0.2) is 17.4 Å². The fraction of sp³-hybridized carbons (Fsp3) is 0.571. The molecule has 2 rings (SSSR count). The maximum Gasteiger partial charge on any atom is 0.190 e. The minimum absolute atomic E-state index is 0.278. The third-order valence-corrected chi connectivity index (χ3v) is 3.35. The van der Waals surface area contributed by atoms with Crippen LogP contribution in [0.5, 0.6) is 5.75 Å². The third kappa shape index (κ3) is 3.67. The van der Waals surface area contributed by atoms with Gasteiger partial charge in [0.1, 0.15) is 6.61 Å². The number of benzene rings is 1. The van der Waals surface area contributed by atoms with Crippen LogP contribution in [0, 0.1) is 17.6 Å². The van der Waals surface area contributed by atoms with Gasteiger partial charge in [-0.15, -0.1) is 0 Å². The lowest BCUT2D eigenvalue weighted by Gasteiger charge is -2.11. The van der Waals surface area contributed by atoms with E-state index in [-0.39, 0.29) is 12.4 Å². The molecule has 0 amide bonds. The summed E-state index contributed by atoms with van der Waals surface area (Å²) in [7, 11) is 0. The second-order valence-corrected chi connectivity index (χ2v) is 4.75. The third-order valence-electron chi connectivity index (χ3n) is 3.35. The van der Waals surface area contributed by atoms with Crippen LogP contribution < -0.4 is 10.1 Å². The lowest BCUT2D eigenvalue weighted by molar-refractivity contribution is 0.280. The number of ether oxygens (including phenoxy) is 1. The van der Waals surface area contributed by atoms with Gasteiger partial charge in [-0.25, -0.2) is 8.78 Å². The first kappa shape index (κ1) is 13.3. The van der Waals surface area contributed by atoms with Crippen LogP contribution in [0.25, 0.3) is 0 Å². The standard InChI is InChI=1S/C14H19F2NO/c15-12-6-3-7-13(16)14(12)18-9-8-17-10-11-4-1-2-5-11/h3,6-7,11,17H,1-2,4-5,8-10H2. The van der Waals surface area contributed by atoms with Crippen LogP contribution in [0.4, 0.5) is 8.78 Å². The summed E-state index contributed by atoms with van der Waals surface area (Å²) in [5.74, 6) is -0.813. The summed E-state index contributed by atoms with van der Waals surface area (Å²) in [5.41, 5.74) is 0. The van der Waals surface area contributed by atoms with Crippen molar-refractivity contribution in [1.82, 2.24) is 5.32 Å². The molecule has 1 aromatic carbocycles. The molecule has 0 atom stereocenters. The van der Waals surface area contributed by atoms with Crippen LogP contribution in [0.15, 0.2) is 18.2 Å². The van der Waals surface area contributed by atoms with Crippen molar-refractivity contribution in [3.05, 3.63) is 29.8 Å². The number of rotatable bonds is 6. The molecule has 0 aromatic heterocycles. The van der Waals surface area contributed by atoms with Crippen molar-refractivity contribution in [2.75, 3.05) is 19.7 Å². The van der Waals surface area contributed by atoms with Crippen LogP contribution in [0.2, 0.25) is 0 Å². The minimum Gasteiger partial charge on any atom is -0.486 e. The predicted molar refractivity (Wildman–Crippen MR) is 66.7 cm³/mol. The zero-order valence-electron chi connectivity index (χ0n) is 10.4. The van der Waals surface area contributed by atoms with Gasteiger partial charge < -0.3 is 10.1 Å². The SMILES string of the molecule is Fc1cccc(F)c1OCCNCC1CCCC1. The second-order valence-electron chi connectivity index (χ2n) is 4.75. The summed E-state index contributed by atoms with van der Waals surface area (Å²) in [6, 6.07) is 3.73. The number of hydrogen-bond donors (Lipinski definition) is 1. The van der Waals surface area contributed by atoms with Crippen LogP contribution in [0.3, 0.4) is 0 Å². The van der Waals surface area contributed by atoms with E-state index in [4.69, 9.17) is 4.74 Å². The van der Waals surface area contributed by atoms with Gasteiger partial charge in [-0.1, -0.05) is 18.9 Å². The Labute approximate surface area is 106 Å². The zero-order valence-corrected chi connectivity index (χ0v) is 10.4. The molecule has 1 saturated carbocycles. The van der Waals surface area contributed by atoms with E-state index < -0.39 is 11.6 Å². The van der Waals surface area contributed by atoms with E-state index >= 15 is 0 Å². The van der Waals surface area contributed by atoms with Crippen LogP contribution in [0.1, 0.15) is 25.7 Å². The van der Waals surface area contributed by atoms with E-state index in [0.29, 0.717) is 6.54 Å². The van der Waals surface area contributed by atoms with Crippen molar-refractivity contribution in [2.45, 2.75) is 25.7 Å². The van der Waals surface area contributed by atoms with Gasteiger partial charge in [-0.3, -0.25) is 0 Å². The summed E-state index contributed by atoms with van der Waals surface area (Å²) in [6.07, 6.45) is 5.22. The largest absolute Gasteiger partial charge is 0.486 e. The topological polar surface area (TPSA) is 21.3 Å². The summed E-state index contributed by atoms with van der Waals surface area (Å²) >= 11 is 0. The van der Waals surface area contributed by atoms with Crippen molar-refractivity contribution in [2.24, 2.45) is 5.92 Å². The molecule has 18 heavy (non-hydrogen) atoms. The Morgan fingerprint density at radius 2 is 1.83 bits per heavy atom. The second kappa shape index (κ2) is 6.69. The monoisotopic (exact) mass is 255 g/mol. The predicted octanol–water partition coefficient (Wildman–Crippen LogP) is 3.12. The summed E-state index contributed by atoms with van der Waals surface area (Å²) < 4.78 is 31.6. The zero-order chi connectivity index (χ0) is 12.8. The van der Waals surface area contributed by atoms with E-state index in [9.17, 15) is 8.78 Å². The molecule has 1 aromatic rings. The van der Waals surface area contributed by atoms with Gasteiger partial charge in [0.2, 0.25) is 0 Å². The number of para-hydroxylation sites is 1. The van der Waals surface area contributed by atoms with E-state index in [1.165, 1.54) is 43.9 Å². The van der Waals surface area contributed by atoms with Gasteiger partial charge in [0.25, 0.3) is 0 Å². The molecule has 0 aliphatic heterocycles. The normalized spacial score (nSPS) is 16.1. The Kier molecular flexibility index (Phi) is 4.93. The van der Waals surface area contributed by atoms with Gasteiger partial charge in [-0.05, 0) is 37.4 Å². The highest BCUT2D eigenvalue weighted by atomic mass is 19.1. The molecule has 0 spiro atoms. The van der Waals surface area contributed by atoms with E-state index in [1.807, 2.05) is 0 Å². The quantitative estimate of drug-likeness (QED) is 0.789. The van der Waals surface area contributed by atoms with Crippen molar-refractivity contribution in [3.63, 3.8) is 0 Å². The first-order valence-corrected chi connectivity index (χ1v) is 6.55. The smallest absolute Gasteiger partial charge is 0.190 e. The molecule has 1 N–H and O–H groups in total. The van der Waals surface area contributed by atoms with Gasteiger partial charge in [0.05, 0.1) is 0 Å². The molecule has 0 radical (unpaired) electrons. The summed E-state index contributed by atoms with van der Waals surface area (Å²) in [4.78, 5) is 0. The van der Waals surface area contributed by atoms with Crippen molar-refractivity contribution >= 4 is 0 Å². The van der Waals surface area contributed by atoms with Gasteiger partial charge in [0, 0.05) is 6.54 Å². The molecule has 1 aliphatic carbocycles. The molecule has 0 bridgehead atoms. The number of nitrogens with one attached hydrogen (secondary N) is 1. The Morgan fingerprint density at radius 1 is 1.17 bits per heavy atom. The highest BCUT2D eigenvalue weighted by Crippen LogP contribution is 2.23. The van der Waals surface area contributed by atoms with E-state index in [1.54, 1.807) is 0 Å². The van der Waals surface area contributed by atoms with Crippen molar-refractivity contribution in [1.29, 1.82) is 0 Å². The first-order chi connectivity index (χ1) is 8.77. The number of hydrogen-bond acceptors (Lipinski definition) is 2. The number of halogens is 2. The molecular formula is C14H19F2NO. The van der Waals surface area contributed by atoms with E-state index in [0.717, 1.165) is 12.5 Å². The summed E-state index contributed by atoms with van der Waals surface area (Å²) in [6.45, 7) is 1.87. The average molecular weight is 255 g/mol. The van der Waals surface area contributed by atoms with E-state index in [2.05, 4.69) is 5.32 Å². The molecule has 0 heterocycles. The fourth-order valence-corrected chi connectivity index (χ4v) is 2.37. The summed E-state index contributed by atoms with van der Waals surface area (Å²) in [5, 5.41) is 3.27. The van der Waals surface area contributed by atoms with Crippen LogP contribution in [-0.4, -0.2) is 19.7 Å². The maximum atomic E-state index is 13.2. The van der Waals surface area contributed by atoms with Gasteiger partial charge in [-0.2, -0.15) is 0 Å². The molecule has 4 heteroatoms. The molecular weight excluding hydrogens is 236 g/mol. The first-order valence-electron chi connectivity index (χ1n) is 6.55. The highest BCUT2D eigenvalue weighted by Gasteiger charge is 2.14. The molecule has 0 saturated heterocycles. The fourth-order valence-electron chi connectivity index (χ4n) is 2.37. The van der Waals surface area contributed by atoms with Crippen molar-refractivity contribution < 1.29 is 13.5 Å². The van der Waals surface area contributed by atoms with Crippen molar-refractivity contribution in [3.8, 4) is 5.75 Å². The van der Waals surface area contributed by atoms with Crippen LogP contribution in [-0.2, 0) is 0 Å². The molecule has 100 valence electrons. The molecule has 0 unspecified atom stereocenters. The molecule has 2 nitrogen and oxygen atoms in total. The molecule has 1 aliphatic rings. The molecule has 1 fully saturated rings. The Balaban J connectivity index is 1.65.